The molecule has 1 aromatic heterocycles. The fourth-order valence-electron chi connectivity index (χ4n) is 1.97. The molecule has 0 radical (unpaired) electrons. The van der Waals surface area contributed by atoms with Crippen molar-refractivity contribution in [3.8, 4) is 6.07 Å². The molecule has 0 saturated heterocycles. The highest BCUT2D eigenvalue weighted by atomic mass is 16.1. The minimum absolute atomic E-state index is 0.0388. The number of hydrogen-bond donors (Lipinski definition) is 2. The van der Waals surface area contributed by atoms with Gasteiger partial charge in [-0.1, -0.05) is 39.0 Å². The molecule has 1 heterocycles. The van der Waals surface area contributed by atoms with Gasteiger partial charge in [0.1, 0.15) is 17.6 Å². The van der Waals surface area contributed by atoms with E-state index in [0.29, 0.717) is 5.82 Å². The van der Waals surface area contributed by atoms with E-state index in [1.165, 1.54) is 6.07 Å². The van der Waals surface area contributed by atoms with Crippen molar-refractivity contribution < 1.29 is 0 Å². The largest absolute Gasteiger partial charge is 0.347 e. The third-order valence-corrected chi connectivity index (χ3v) is 2.86. The summed E-state index contributed by atoms with van der Waals surface area (Å²) in [5.74, 6) is 0.363. The van der Waals surface area contributed by atoms with Gasteiger partial charge in [-0.15, -0.1) is 0 Å². The van der Waals surface area contributed by atoms with Gasteiger partial charge in [0.2, 0.25) is 0 Å². The van der Waals surface area contributed by atoms with Crippen molar-refractivity contribution in [1.82, 2.24) is 9.97 Å². The van der Waals surface area contributed by atoms with E-state index in [2.05, 4.69) is 36.1 Å². The van der Waals surface area contributed by atoms with Crippen molar-refractivity contribution in [3.05, 3.63) is 52.1 Å². The fraction of sp³-hybridized carbons (Fsp3) is 0.267. The number of benzene rings is 1. The molecular formula is C15H16N4O. The van der Waals surface area contributed by atoms with Gasteiger partial charge in [-0.05, 0) is 17.0 Å². The summed E-state index contributed by atoms with van der Waals surface area (Å²) >= 11 is 0. The molecule has 5 nitrogen and oxygen atoms in total. The number of anilines is 2. The lowest BCUT2D eigenvalue weighted by Gasteiger charge is -2.23. The average Bonchev–Trinajstić information content (AvgIpc) is 2.37. The number of nitriles is 1. The van der Waals surface area contributed by atoms with Gasteiger partial charge in [-0.3, -0.25) is 4.98 Å². The van der Waals surface area contributed by atoms with Crippen molar-refractivity contribution in [3.63, 3.8) is 0 Å². The summed E-state index contributed by atoms with van der Waals surface area (Å²) in [7, 11) is 0. The second-order valence-electron chi connectivity index (χ2n) is 5.52. The van der Waals surface area contributed by atoms with E-state index in [-0.39, 0.29) is 11.1 Å². The van der Waals surface area contributed by atoms with Crippen molar-refractivity contribution >= 4 is 11.5 Å². The van der Waals surface area contributed by atoms with Gasteiger partial charge in [-0.2, -0.15) is 10.2 Å². The Morgan fingerprint density at radius 1 is 1.30 bits per heavy atom. The summed E-state index contributed by atoms with van der Waals surface area (Å²) < 4.78 is 0. The highest BCUT2D eigenvalue weighted by molar-refractivity contribution is 5.62. The van der Waals surface area contributed by atoms with E-state index in [4.69, 9.17) is 5.26 Å². The molecule has 0 spiro atoms. The lowest BCUT2D eigenvalue weighted by atomic mass is 9.86. The maximum atomic E-state index is 11.4. The van der Waals surface area contributed by atoms with Crippen LogP contribution in [0, 0.1) is 11.3 Å². The Morgan fingerprint density at radius 2 is 2.00 bits per heavy atom. The minimum atomic E-state index is -0.542. The molecule has 5 heteroatoms. The third-order valence-electron chi connectivity index (χ3n) is 2.86. The van der Waals surface area contributed by atoms with Gasteiger partial charge in [0.15, 0.2) is 0 Å². The molecule has 2 N–H and O–H groups in total. The van der Waals surface area contributed by atoms with Gasteiger partial charge in [0, 0.05) is 11.8 Å². The summed E-state index contributed by atoms with van der Waals surface area (Å²) in [6.45, 7) is 6.33. The topological polar surface area (TPSA) is 81.6 Å². The summed E-state index contributed by atoms with van der Waals surface area (Å²) in [5, 5.41) is 12.0. The maximum Gasteiger partial charge on any atom is 0.347 e. The van der Waals surface area contributed by atoms with Crippen LogP contribution in [0.1, 0.15) is 32.0 Å². The maximum absolute atomic E-state index is 11.4. The summed E-state index contributed by atoms with van der Waals surface area (Å²) in [5.41, 5.74) is 1.59. The Hall–Kier alpha value is -2.61. The molecule has 0 aliphatic carbocycles. The zero-order chi connectivity index (χ0) is 14.8. The Balaban J connectivity index is 2.44. The summed E-state index contributed by atoms with van der Waals surface area (Å²) in [6, 6.07) is 11.3. The van der Waals surface area contributed by atoms with E-state index in [1.807, 2.05) is 30.3 Å². The lowest BCUT2D eigenvalue weighted by Crippen LogP contribution is -2.16. The van der Waals surface area contributed by atoms with Crippen molar-refractivity contribution in [1.29, 1.82) is 5.26 Å². The highest BCUT2D eigenvalue weighted by Crippen LogP contribution is 2.30. The number of para-hydroxylation sites is 1. The third kappa shape index (κ3) is 3.04. The molecule has 2 aromatic rings. The molecule has 2 rings (SSSR count). The molecular weight excluding hydrogens is 252 g/mol. The van der Waals surface area contributed by atoms with Crippen LogP contribution >= 0.6 is 0 Å². The van der Waals surface area contributed by atoms with Crippen LogP contribution in [0.25, 0.3) is 0 Å². The van der Waals surface area contributed by atoms with Crippen LogP contribution in [0.3, 0.4) is 0 Å². The summed E-state index contributed by atoms with van der Waals surface area (Å²) in [4.78, 5) is 17.6. The van der Waals surface area contributed by atoms with E-state index < -0.39 is 5.69 Å². The molecule has 20 heavy (non-hydrogen) atoms. The number of aromatic amines is 1. The van der Waals surface area contributed by atoms with Gasteiger partial charge in [0.25, 0.3) is 0 Å². The second-order valence-corrected chi connectivity index (χ2v) is 5.52. The smallest absolute Gasteiger partial charge is 0.340 e. The Bertz CT molecular complexity index is 720. The molecule has 0 aliphatic rings. The molecule has 0 amide bonds. The molecule has 0 atom stereocenters. The number of aromatic nitrogens is 2. The molecule has 0 bridgehead atoms. The predicted octanol–water partition coefficient (Wildman–Crippen LogP) is 2.68. The van der Waals surface area contributed by atoms with Gasteiger partial charge in [-0.25, -0.2) is 4.79 Å². The Kier molecular flexibility index (Phi) is 3.57. The molecule has 1 aromatic carbocycles. The molecule has 102 valence electrons. The second kappa shape index (κ2) is 5.17. The first-order valence-electron chi connectivity index (χ1n) is 6.28. The molecule has 0 aliphatic heterocycles. The number of nitrogens with zero attached hydrogens (tertiary/aromatic N) is 2. The zero-order valence-electron chi connectivity index (χ0n) is 11.7. The Labute approximate surface area is 117 Å². The number of hydrogen-bond acceptors (Lipinski definition) is 4. The SMILES string of the molecule is CC(C)(C)c1ccccc1Nc1cc(C#N)[nH]c(=O)n1. The van der Waals surface area contributed by atoms with Crippen molar-refractivity contribution in [2.45, 2.75) is 26.2 Å². The predicted molar refractivity (Wildman–Crippen MR) is 78.0 cm³/mol. The van der Waals surface area contributed by atoms with Crippen LogP contribution in [0.5, 0.6) is 0 Å². The first kappa shape index (κ1) is 13.8. The standard InChI is InChI=1S/C15H16N4O/c1-15(2,3)11-6-4-5-7-12(11)18-13-8-10(9-16)17-14(20)19-13/h4-8H,1-3H3,(H2,17,18,19,20). The van der Waals surface area contributed by atoms with Crippen LogP contribution in [0.4, 0.5) is 11.5 Å². The van der Waals surface area contributed by atoms with Crippen molar-refractivity contribution in [2.24, 2.45) is 0 Å². The lowest BCUT2D eigenvalue weighted by molar-refractivity contribution is 0.592. The normalized spacial score (nSPS) is 10.9. The number of H-pyrrole nitrogens is 1. The summed E-state index contributed by atoms with van der Waals surface area (Å²) in [6.07, 6.45) is 0. The number of nitrogens with one attached hydrogen (secondary N) is 2. The van der Waals surface area contributed by atoms with Gasteiger partial charge in [0.05, 0.1) is 0 Å². The number of rotatable bonds is 2. The average molecular weight is 268 g/mol. The van der Waals surface area contributed by atoms with E-state index in [1.54, 1.807) is 0 Å². The van der Waals surface area contributed by atoms with E-state index in [0.717, 1.165) is 11.3 Å². The van der Waals surface area contributed by atoms with Gasteiger partial charge >= 0.3 is 5.69 Å². The van der Waals surface area contributed by atoms with Crippen LogP contribution in [0.15, 0.2) is 35.1 Å². The minimum Gasteiger partial charge on any atom is -0.340 e. The molecule has 0 saturated carbocycles. The fourth-order valence-corrected chi connectivity index (χ4v) is 1.97. The van der Waals surface area contributed by atoms with Crippen LogP contribution in [-0.2, 0) is 5.41 Å². The van der Waals surface area contributed by atoms with Gasteiger partial charge < -0.3 is 5.32 Å². The first-order valence-corrected chi connectivity index (χ1v) is 6.28. The first-order chi connectivity index (χ1) is 9.40. The van der Waals surface area contributed by atoms with E-state index >= 15 is 0 Å². The van der Waals surface area contributed by atoms with Crippen LogP contribution < -0.4 is 11.0 Å². The Morgan fingerprint density at radius 3 is 2.65 bits per heavy atom. The molecule has 0 fully saturated rings. The van der Waals surface area contributed by atoms with Crippen LogP contribution in [0.2, 0.25) is 0 Å². The highest BCUT2D eigenvalue weighted by Gasteiger charge is 2.17. The van der Waals surface area contributed by atoms with E-state index in [9.17, 15) is 4.79 Å². The zero-order valence-corrected chi connectivity index (χ0v) is 11.7. The van der Waals surface area contributed by atoms with Crippen LogP contribution in [-0.4, -0.2) is 9.97 Å². The quantitative estimate of drug-likeness (QED) is 0.877. The molecule has 0 unspecified atom stereocenters. The van der Waals surface area contributed by atoms with Crippen molar-refractivity contribution in [2.75, 3.05) is 5.32 Å². The monoisotopic (exact) mass is 268 g/mol.